The van der Waals surface area contributed by atoms with Crippen molar-refractivity contribution in [2.75, 3.05) is 17.7 Å². The molecule has 1 N–H and O–H groups in total. The minimum atomic E-state index is 0.734. The van der Waals surface area contributed by atoms with E-state index >= 15 is 0 Å². The van der Waals surface area contributed by atoms with E-state index < -0.39 is 0 Å². The van der Waals surface area contributed by atoms with Crippen molar-refractivity contribution in [3.63, 3.8) is 0 Å². The van der Waals surface area contributed by atoms with Crippen molar-refractivity contribution in [3.8, 4) is 0 Å². The molecule has 1 aromatic heterocycles. The van der Waals surface area contributed by atoms with Crippen LogP contribution in [0.5, 0.6) is 0 Å². The fraction of sp³-hybridized carbons (Fsp3) is 0.500. The molecular weight excluding hydrogens is 178 g/mol. The summed E-state index contributed by atoms with van der Waals surface area (Å²) in [7, 11) is 0. The molecule has 0 saturated heterocycles. The summed E-state index contributed by atoms with van der Waals surface area (Å²) in [6.07, 6.45) is 1.03. The summed E-state index contributed by atoms with van der Waals surface area (Å²) in [5.74, 6) is 0.734. The second-order valence-electron chi connectivity index (χ2n) is 2.40. The SMILES string of the molecule is Cc1ccsc1NCCCCl. The molecule has 0 spiro atoms. The maximum Gasteiger partial charge on any atom is 0.0912 e. The number of rotatable bonds is 4. The summed E-state index contributed by atoms with van der Waals surface area (Å²) in [4.78, 5) is 0. The molecule has 3 heteroatoms. The van der Waals surface area contributed by atoms with Gasteiger partial charge in [-0.05, 0) is 30.4 Å². The van der Waals surface area contributed by atoms with Gasteiger partial charge in [-0.25, -0.2) is 0 Å². The molecule has 1 nitrogen and oxygen atoms in total. The Hall–Kier alpha value is -0.210. The van der Waals surface area contributed by atoms with E-state index in [2.05, 4.69) is 23.7 Å². The summed E-state index contributed by atoms with van der Waals surface area (Å²) in [5.41, 5.74) is 1.32. The molecule has 0 bridgehead atoms. The Labute approximate surface area is 76.4 Å². The number of anilines is 1. The Morgan fingerprint density at radius 1 is 1.64 bits per heavy atom. The summed E-state index contributed by atoms with van der Waals surface area (Å²) in [6, 6.07) is 2.12. The van der Waals surface area contributed by atoms with Crippen LogP contribution in [0.25, 0.3) is 0 Å². The standard InChI is InChI=1S/C8H12ClNS/c1-7-3-6-11-8(7)10-5-2-4-9/h3,6,10H,2,4-5H2,1H3. The molecular formula is C8H12ClNS. The van der Waals surface area contributed by atoms with Crippen LogP contribution < -0.4 is 5.32 Å². The van der Waals surface area contributed by atoms with E-state index in [1.54, 1.807) is 11.3 Å². The molecule has 0 amide bonds. The Kier molecular flexibility index (Phi) is 3.73. The van der Waals surface area contributed by atoms with Gasteiger partial charge in [-0.1, -0.05) is 0 Å². The van der Waals surface area contributed by atoms with Gasteiger partial charge in [0.2, 0.25) is 0 Å². The Morgan fingerprint density at radius 3 is 3.00 bits per heavy atom. The summed E-state index contributed by atoms with van der Waals surface area (Å²) in [6.45, 7) is 3.09. The summed E-state index contributed by atoms with van der Waals surface area (Å²) < 4.78 is 0. The minimum Gasteiger partial charge on any atom is -0.377 e. The average molecular weight is 190 g/mol. The first kappa shape index (κ1) is 8.88. The van der Waals surface area contributed by atoms with Crippen LogP contribution >= 0.6 is 22.9 Å². The zero-order valence-electron chi connectivity index (χ0n) is 6.56. The molecule has 11 heavy (non-hydrogen) atoms. The van der Waals surface area contributed by atoms with Gasteiger partial charge < -0.3 is 5.32 Å². The lowest BCUT2D eigenvalue weighted by Crippen LogP contribution is -2.00. The van der Waals surface area contributed by atoms with Gasteiger partial charge in [-0.3, -0.25) is 0 Å². The van der Waals surface area contributed by atoms with E-state index in [0.717, 1.165) is 18.8 Å². The van der Waals surface area contributed by atoms with Gasteiger partial charge in [-0.2, -0.15) is 0 Å². The molecule has 1 aromatic rings. The van der Waals surface area contributed by atoms with Crippen LogP contribution in [0.2, 0.25) is 0 Å². The maximum absolute atomic E-state index is 5.54. The maximum atomic E-state index is 5.54. The van der Waals surface area contributed by atoms with Crippen LogP contribution in [0.4, 0.5) is 5.00 Å². The smallest absolute Gasteiger partial charge is 0.0912 e. The minimum absolute atomic E-state index is 0.734. The molecule has 0 saturated carbocycles. The molecule has 1 rings (SSSR count). The van der Waals surface area contributed by atoms with Crippen LogP contribution in [-0.2, 0) is 0 Å². The van der Waals surface area contributed by atoms with Gasteiger partial charge >= 0.3 is 0 Å². The fourth-order valence-electron chi connectivity index (χ4n) is 0.823. The summed E-state index contributed by atoms with van der Waals surface area (Å²) in [5, 5.41) is 6.70. The number of alkyl halides is 1. The van der Waals surface area contributed by atoms with Crippen molar-refractivity contribution in [1.82, 2.24) is 0 Å². The van der Waals surface area contributed by atoms with Gasteiger partial charge in [0.25, 0.3) is 0 Å². The van der Waals surface area contributed by atoms with E-state index in [0.29, 0.717) is 0 Å². The number of aryl methyl sites for hydroxylation is 1. The Morgan fingerprint density at radius 2 is 2.45 bits per heavy atom. The van der Waals surface area contributed by atoms with Gasteiger partial charge in [0.15, 0.2) is 0 Å². The normalized spacial score (nSPS) is 10.0. The molecule has 0 unspecified atom stereocenters. The molecule has 0 fully saturated rings. The number of halogens is 1. The van der Waals surface area contributed by atoms with Crippen LogP contribution in [-0.4, -0.2) is 12.4 Å². The molecule has 0 radical (unpaired) electrons. The third-order valence-electron chi connectivity index (χ3n) is 1.46. The van der Waals surface area contributed by atoms with Gasteiger partial charge in [0.05, 0.1) is 5.00 Å². The third-order valence-corrected chi connectivity index (χ3v) is 2.70. The number of nitrogens with one attached hydrogen (secondary N) is 1. The first-order chi connectivity index (χ1) is 5.34. The largest absolute Gasteiger partial charge is 0.377 e. The van der Waals surface area contributed by atoms with Crippen LogP contribution in [0.3, 0.4) is 0 Å². The number of hydrogen-bond acceptors (Lipinski definition) is 2. The van der Waals surface area contributed by atoms with Crippen LogP contribution in [0, 0.1) is 6.92 Å². The second kappa shape index (κ2) is 4.62. The molecule has 0 aliphatic carbocycles. The van der Waals surface area contributed by atoms with E-state index in [4.69, 9.17) is 11.6 Å². The predicted molar refractivity (Wildman–Crippen MR) is 52.9 cm³/mol. The van der Waals surface area contributed by atoms with Crippen LogP contribution in [0.1, 0.15) is 12.0 Å². The zero-order chi connectivity index (χ0) is 8.10. The Balaban J connectivity index is 2.32. The molecule has 0 aliphatic rings. The first-order valence-electron chi connectivity index (χ1n) is 3.68. The average Bonchev–Trinajstić information content (AvgIpc) is 2.37. The highest BCUT2D eigenvalue weighted by atomic mass is 35.5. The van der Waals surface area contributed by atoms with Gasteiger partial charge in [-0.15, -0.1) is 22.9 Å². The first-order valence-corrected chi connectivity index (χ1v) is 5.10. The van der Waals surface area contributed by atoms with Crippen molar-refractivity contribution in [2.45, 2.75) is 13.3 Å². The monoisotopic (exact) mass is 189 g/mol. The van der Waals surface area contributed by atoms with Crippen molar-refractivity contribution < 1.29 is 0 Å². The van der Waals surface area contributed by atoms with Gasteiger partial charge in [0, 0.05) is 12.4 Å². The lowest BCUT2D eigenvalue weighted by molar-refractivity contribution is 0.989. The van der Waals surface area contributed by atoms with Crippen molar-refractivity contribution in [2.24, 2.45) is 0 Å². The molecule has 0 atom stereocenters. The van der Waals surface area contributed by atoms with E-state index in [9.17, 15) is 0 Å². The zero-order valence-corrected chi connectivity index (χ0v) is 8.13. The third kappa shape index (κ3) is 2.72. The number of hydrogen-bond donors (Lipinski definition) is 1. The topological polar surface area (TPSA) is 12.0 Å². The van der Waals surface area contributed by atoms with E-state index in [1.807, 2.05) is 0 Å². The highest BCUT2D eigenvalue weighted by molar-refractivity contribution is 7.14. The molecule has 0 aromatic carbocycles. The lowest BCUT2D eigenvalue weighted by atomic mass is 10.3. The Bertz CT molecular complexity index is 210. The highest BCUT2D eigenvalue weighted by Gasteiger charge is 1.96. The molecule has 1 heterocycles. The predicted octanol–water partition coefficient (Wildman–Crippen LogP) is 3.10. The van der Waals surface area contributed by atoms with E-state index in [-0.39, 0.29) is 0 Å². The summed E-state index contributed by atoms with van der Waals surface area (Å²) >= 11 is 7.29. The number of thiophene rings is 1. The quantitative estimate of drug-likeness (QED) is 0.567. The second-order valence-corrected chi connectivity index (χ2v) is 3.70. The van der Waals surface area contributed by atoms with E-state index in [1.165, 1.54) is 10.6 Å². The van der Waals surface area contributed by atoms with Crippen molar-refractivity contribution >= 4 is 27.9 Å². The molecule has 62 valence electrons. The van der Waals surface area contributed by atoms with Crippen molar-refractivity contribution in [1.29, 1.82) is 0 Å². The molecule has 0 aliphatic heterocycles. The van der Waals surface area contributed by atoms with Crippen molar-refractivity contribution in [3.05, 3.63) is 17.0 Å². The lowest BCUT2D eigenvalue weighted by Gasteiger charge is -2.01. The highest BCUT2D eigenvalue weighted by Crippen LogP contribution is 2.21. The fourth-order valence-corrected chi connectivity index (χ4v) is 1.80. The van der Waals surface area contributed by atoms with Gasteiger partial charge in [0.1, 0.15) is 0 Å². The van der Waals surface area contributed by atoms with Crippen LogP contribution in [0.15, 0.2) is 11.4 Å².